The van der Waals surface area contributed by atoms with Gasteiger partial charge in [-0.25, -0.2) is 4.79 Å². The van der Waals surface area contributed by atoms with Crippen LogP contribution >= 0.6 is 0 Å². The smallest absolute Gasteiger partial charge is 0.319 e. The van der Waals surface area contributed by atoms with E-state index in [1.165, 1.54) is 11.3 Å². The maximum Gasteiger partial charge on any atom is 0.319 e. The van der Waals surface area contributed by atoms with Crippen molar-refractivity contribution in [1.82, 2.24) is 9.80 Å². The van der Waals surface area contributed by atoms with Gasteiger partial charge in [0, 0.05) is 45.5 Å². The molecule has 0 spiro atoms. The molecule has 1 fully saturated rings. The highest BCUT2D eigenvalue weighted by molar-refractivity contribution is 5.74. The highest BCUT2D eigenvalue weighted by Gasteiger charge is 2.23. The molecule has 1 saturated heterocycles. The highest BCUT2D eigenvalue weighted by Crippen LogP contribution is 2.18. The maximum absolute atomic E-state index is 12.3. The molecule has 1 aliphatic rings. The maximum atomic E-state index is 12.3. The second-order valence-electron chi connectivity index (χ2n) is 5.87. The van der Waals surface area contributed by atoms with E-state index < -0.39 is 0 Å². The molecule has 4 nitrogen and oxygen atoms in total. The van der Waals surface area contributed by atoms with E-state index in [0.29, 0.717) is 0 Å². The van der Waals surface area contributed by atoms with Crippen molar-refractivity contribution < 1.29 is 4.79 Å². The minimum atomic E-state index is 0.173. The summed E-state index contributed by atoms with van der Waals surface area (Å²) in [6, 6.07) is 8.75. The van der Waals surface area contributed by atoms with Crippen LogP contribution in [0.15, 0.2) is 24.3 Å². The molecular formula is C17H27N3O. The second-order valence-corrected chi connectivity index (χ2v) is 5.87. The first-order chi connectivity index (χ1) is 10.1. The summed E-state index contributed by atoms with van der Waals surface area (Å²) < 4.78 is 0. The van der Waals surface area contributed by atoms with E-state index in [1.807, 2.05) is 16.8 Å². The summed E-state index contributed by atoms with van der Waals surface area (Å²) >= 11 is 0. The number of carbonyl (C=O) groups excluding carboxylic acids is 1. The van der Waals surface area contributed by atoms with Gasteiger partial charge in [0.2, 0.25) is 0 Å². The molecule has 1 aliphatic heterocycles. The first kappa shape index (κ1) is 15.7. The third-order valence-electron chi connectivity index (χ3n) is 4.09. The Labute approximate surface area is 128 Å². The molecule has 2 amide bonds. The zero-order valence-corrected chi connectivity index (χ0v) is 13.5. The second kappa shape index (κ2) is 7.34. The molecule has 0 aromatic heterocycles. The molecule has 1 aromatic rings. The number of anilines is 1. The van der Waals surface area contributed by atoms with Gasteiger partial charge in [-0.2, -0.15) is 0 Å². The number of benzene rings is 1. The van der Waals surface area contributed by atoms with Crippen LogP contribution in [0.25, 0.3) is 0 Å². The minimum Gasteiger partial charge on any atom is -0.368 e. The molecular weight excluding hydrogens is 262 g/mol. The predicted molar refractivity (Wildman–Crippen MR) is 87.9 cm³/mol. The van der Waals surface area contributed by atoms with E-state index in [1.54, 1.807) is 0 Å². The van der Waals surface area contributed by atoms with Crippen LogP contribution in [-0.4, -0.2) is 55.6 Å². The van der Waals surface area contributed by atoms with Crippen LogP contribution in [0.1, 0.15) is 25.3 Å². The van der Waals surface area contributed by atoms with Crippen molar-refractivity contribution in [2.24, 2.45) is 0 Å². The van der Waals surface area contributed by atoms with Gasteiger partial charge in [-0.15, -0.1) is 0 Å². The number of rotatable bonds is 4. The van der Waals surface area contributed by atoms with Gasteiger partial charge < -0.3 is 14.7 Å². The normalized spacial score (nSPS) is 15.2. The number of nitrogens with zero attached hydrogens (tertiary/aromatic N) is 3. The lowest BCUT2D eigenvalue weighted by molar-refractivity contribution is 0.159. The van der Waals surface area contributed by atoms with Crippen LogP contribution in [0.5, 0.6) is 0 Å². The van der Waals surface area contributed by atoms with Crippen molar-refractivity contribution >= 4 is 11.7 Å². The molecule has 0 N–H and O–H groups in total. The SMILES string of the molecule is CCCCN(C)C(=O)N1CCN(c2cccc(C)c2)CC1. The Balaban J connectivity index is 1.87. The highest BCUT2D eigenvalue weighted by atomic mass is 16.2. The van der Waals surface area contributed by atoms with Gasteiger partial charge in [0.25, 0.3) is 0 Å². The summed E-state index contributed by atoms with van der Waals surface area (Å²) in [6.07, 6.45) is 2.20. The lowest BCUT2D eigenvalue weighted by Gasteiger charge is -2.37. The van der Waals surface area contributed by atoms with Crippen LogP contribution in [0.4, 0.5) is 10.5 Å². The number of hydrogen-bond donors (Lipinski definition) is 0. The third-order valence-corrected chi connectivity index (χ3v) is 4.09. The van der Waals surface area contributed by atoms with Crippen molar-refractivity contribution in [2.45, 2.75) is 26.7 Å². The number of amides is 2. The van der Waals surface area contributed by atoms with Crippen molar-refractivity contribution in [3.8, 4) is 0 Å². The molecule has 0 aliphatic carbocycles. The van der Waals surface area contributed by atoms with Gasteiger partial charge in [-0.3, -0.25) is 0 Å². The standard InChI is InChI=1S/C17H27N3O/c1-4-5-9-18(3)17(21)20-12-10-19(11-13-20)16-8-6-7-15(2)14-16/h6-8,14H,4-5,9-13H2,1-3H3. The molecule has 0 unspecified atom stereocenters. The summed E-state index contributed by atoms with van der Waals surface area (Å²) in [7, 11) is 1.91. The molecule has 0 saturated carbocycles. The molecule has 0 radical (unpaired) electrons. The van der Waals surface area contributed by atoms with Crippen molar-refractivity contribution in [1.29, 1.82) is 0 Å². The fourth-order valence-corrected chi connectivity index (χ4v) is 2.71. The molecule has 116 valence electrons. The number of aryl methyl sites for hydroxylation is 1. The van der Waals surface area contributed by atoms with E-state index >= 15 is 0 Å². The number of unbranched alkanes of at least 4 members (excludes halogenated alkanes) is 1. The van der Waals surface area contributed by atoms with Crippen LogP contribution in [0.2, 0.25) is 0 Å². The van der Waals surface area contributed by atoms with Gasteiger partial charge >= 0.3 is 6.03 Å². The summed E-state index contributed by atoms with van der Waals surface area (Å²) in [4.78, 5) is 18.5. The Morgan fingerprint density at radius 2 is 1.95 bits per heavy atom. The summed E-state index contributed by atoms with van der Waals surface area (Å²) in [5, 5.41) is 0. The van der Waals surface area contributed by atoms with E-state index in [4.69, 9.17) is 0 Å². The molecule has 0 atom stereocenters. The van der Waals surface area contributed by atoms with Gasteiger partial charge in [-0.05, 0) is 31.0 Å². The number of carbonyl (C=O) groups is 1. The van der Waals surface area contributed by atoms with Crippen LogP contribution < -0.4 is 4.90 Å². The van der Waals surface area contributed by atoms with Crippen molar-refractivity contribution in [3.63, 3.8) is 0 Å². The average Bonchev–Trinajstić information content (AvgIpc) is 2.52. The van der Waals surface area contributed by atoms with E-state index in [-0.39, 0.29) is 6.03 Å². The largest absolute Gasteiger partial charge is 0.368 e. The molecule has 1 heterocycles. The molecule has 4 heteroatoms. The van der Waals surface area contributed by atoms with Crippen LogP contribution in [0.3, 0.4) is 0 Å². The Morgan fingerprint density at radius 3 is 2.57 bits per heavy atom. The minimum absolute atomic E-state index is 0.173. The van der Waals surface area contributed by atoms with Gasteiger partial charge in [0.05, 0.1) is 0 Å². The van der Waals surface area contributed by atoms with Gasteiger partial charge in [-0.1, -0.05) is 25.5 Å². The third kappa shape index (κ3) is 4.13. The fourth-order valence-electron chi connectivity index (χ4n) is 2.71. The summed E-state index contributed by atoms with van der Waals surface area (Å²) in [6.45, 7) is 8.57. The number of piperazine rings is 1. The summed E-state index contributed by atoms with van der Waals surface area (Å²) in [5.74, 6) is 0. The van der Waals surface area contributed by atoms with E-state index in [9.17, 15) is 4.79 Å². The monoisotopic (exact) mass is 289 g/mol. The predicted octanol–water partition coefficient (Wildman–Crippen LogP) is 2.97. The van der Waals surface area contributed by atoms with Gasteiger partial charge in [0.15, 0.2) is 0 Å². The van der Waals surface area contributed by atoms with Crippen LogP contribution in [-0.2, 0) is 0 Å². The van der Waals surface area contributed by atoms with Gasteiger partial charge in [0.1, 0.15) is 0 Å². The van der Waals surface area contributed by atoms with E-state index in [2.05, 4.69) is 43.0 Å². The number of hydrogen-bond acceptors (Lipinski definition) is 2. The Hall–Kier alpha value is -1.71. The Morgan fingerprint density at radius 1 is 1.24 bits per heavy atom. The lowest BCUT2D eigenvalue weighted by Crippen LogP contribution is -2.52. The molecule has 21 heavy (non-hydrogen) atoms. The zero-order valence-electron chi connectivity index (χ0n) is 13.5. The quantitative estimate of drug-likeness (QED) is 0.852. The lowest BCUT2D eigenvalue weighted by atomic mass is 10.2. The zero-order chi connectivity index (χ0) is 15.2. The summed E-state index contributed by atoms with van der Waals surface area (Å²) in [5.41, 5.74) is 2.55. The van der Waals surface area contributed by atoms with Crippen molar-refractivity contribution in [3.05, 3.63) is 29.8 Å². The van der Waals surface area contributed by atoms with Crippen LogP contribution in [0, 0.1) is 6.92 Å². The first-order valence-corrected chi connectivity index (χ1v) is 7.93. The fraction of sp³-hybridized carbons (Fsp3) is 0.588. The Bertz CT molecular complexity index is 467. The first-order valence-electron chi connectivity index (χ1n) is 7.93. The van der Waals surface area contributed by atoms with Crippen molar-refractivity contribution in [2.75, 3.05) is 44.7 Å². The Kier molecular flexibility index (Phi) is 5.48. The molecule has 2 rings (SSSR count). The molecule has 0 bridgehead atoms. The van der Waals surface area contributed by atoms with E-state index in [0.717, 1.165) is 45.6 Å². The molecule has 1 aromatic carbocycles. The number of urea groups is 1. The topological polar surface area (TPSA) is 26.8 Å². The average molecular weight is 289 g/mol.